The van der Waals surface area contributed by atoms with E-state index < -0.39 is 16.5 Å². The van der Waals surface area contributed by atoms with Crippen LogP contribution in [0.3, 0.4) is 0 Å². The molecule has 0 aliphatic rings. The zero-order valence-electron chi connectivity index (χ0n) is 26.7. The van der Waals surface area contributed by atoms with Crippen LogP contribution in [0, 0.1) is 22.7 Å². The quantitative estimate of drug-likeness (QED) is 0.119. The van der Waals surface area contributed by atoms with Crippen LogP contribution in [0.1, 0.15) is 100 Å². The second kappa shape index (κ2) is 24.4. The number of hydrogen-bond donors (Lipinski definition) is 0. The molecule has 0 aliphatic heterocycles. The van der Waals surface area contributed by atoms with E-state index in [4.69, 9.17) is 29.4 Å². The van der Waals surface area contributed by atoms with Crippen LogP contribution in [0.15, 0.2) is 97.1 Å². The van der Waals surface area contributed by atoms with Crippen LogP contribution in [0.25, 0.3) is 22.3 Å². The van der Waals surface area contributed by atoms with Crippen molar-refractivity contribution in [3.05, 3.63) is 119 Å². The average Bonchev–Trinajstić information content (AvgIpc) is 3.09. The molecular formula is C40H46Cl2N2Pt. The SMILES string of the molecule is CCCCCCCc1ccc(-c2ccc(C#N)cc2)cc1.CCCCCCCc1ccc(-c2ccc(C#N)cc2)cc1.[Cl][Pt][Cl]. The van der Waals surface area contributed by atoms with Gasteiger partial charge in [0.2, 0.25) is 0 Å². The van der Waals surface area contributed by atoms with Crippen LogP contribution in [0.4, 0.5) is 0 Å². The van der Waals surface area contributed by atoms with Gasteiger partial charge in [0.15, 0.2) is 0 Å². The number of benzene rings is 4. The fourth-order valence-corrected chi connectivity index (χ4v) is 5.07. The van der Waals surface area contributed by atoms with Crippen molar-refractivity contribution in [3.63, 3.8) is 0 Å². The molecule has 4 aromatic carbocycles. The average molecular weight is 821 g/mol. The van der Waals surface area contributed by atoms with E-state index in [1.807, 2.05) is 48.5 Å². The first-order valence-corrected chi connectivity index (χ1v) is 21.7. The minimum atomic E-state index is -0.472. The Balaban J connectivity index is 0.000000288. The molecule has 4 aromatic rings. The summed E-state index contributed by atoms with van der Waals surface area (Å²) in [6, 6.07) is 37.5. The van der Waals surface area contributed by atoms with Crippen molar-refractivity contribution in [2.24, 2.45) is 0 Å². The molecule has 240 valence electrons. The predicted molar refractivity (Wildman–Crippen MR) is 190 cm³/mol. The summed E-state index contributed by atoms with van der Waals surface area (Å²) in [4.78, 5) is 0. The number of hydrogen-bond acceptors (Lipinski definition) is 2. The first-order valence-electron chi connectivity index (χ1n) is 16.1. The Bertz CT molecular complexity index is 1290. The maximum absolute atomic E-state index is 8.82. The third-order valence-electron chi connectivity index (χ3n) is 7.74. The summed E-state index contributed by atoms with van der Waals surface area (Å²) in [5.74, 6) is 0. The Kier molecular flexibility index (Phi) is 20.7. The van der Waals surface area contributed by atoms with Crippen molar-refractivity contribution in [2.45, 2.75) is 90.9 Å². The van der Waals surface area contributed by atoms with Gasteiger partial charge in [-0.15, -0.1) is 0 Å². The number of halogens is 2. The number of rotatable bonds is 14. The molecule has 2 nitrogen and oxygen atoms in total. The van der Waals surface area contributed by atoms with Gasteiger partial charge < -0.3 is 0 Å². The summed E-state index contributed by atoms with van der Waals surface area (Å²) in [6.45, 7) is 4.50. The summed E-state index contributed by atoms with van der Waals surface area (Å²) >= 11 is -0.472. The fraction of sp³-hybridized carbons (Fsp3) is 0.350. The molecule has 0 bridgehead atoms. The zero-order valence-corrected chi connectivity index (χ0v) is 30.5. The summed E-state index contributed by atoms with van der Waals surface area (Å²) in [6.07, 6.45) is 15.7. The number of nitriles is 2. The summed E-state index contributed by atoms with van der Waals surface area (Å²) < 4.78 is 0. The van der Waals surface area contributed by atoms with Gasteiger partial charge in [0.05, 0.1) is 23.3 Å². The van der Waals surface area contributed by atoms with E-state index in [0.717, 1.165) is 0 Å². The topological polar surface area (TPSA) is 47.6 Å². The molecule has 0 radical (unpaired) electrons. The Labute approximate surface area is 288 Å². The standard InChI is InChI=1S/2C20H23N.2ClH.Pt/c2*1-2-3-4-5-6-7-17-8-12-19(13-9-17)20-14-10-18(16-21)11-15-20;;;/h2*8-15H,2-7H2,1H3;2*1H;/q;;;;+2/p-2. The molecule has 0 aromatic heterocycles. The summed E-state index contributed by atoms with van der Waals surface area (Å²) in [5.41, 5.74) is 9.04. The van der Waals surface area contributed by atoms with Gasteiger partial charge in [-0.1, -0.05) is 138 Å². The maximum atomic E-state index is 8.82. The van der Waals surface area contributed by atoms with E-state index in [1.54, 1.807) is 0 Å². The molecule has 0 amide bonds. The Morgan fingerprint density at radius 2 is 0.711 bits per heavy atom. The molecule has 0 heterocycles. The molecule has 5 heteroatoms. The third-order valence-corrected chi connectivity index (χ3v) is 7.74. The van der Waals surface area contributed by atoms with E-state index in [9.17, 15) is 0 Å². The molecule has 4 rings (SSSR count). The normalized spacial score (nSPS) is 10.1. The van der Waals surface area contributed by atoms with Crippen LogP contribution < -0.4 is 0 Å². The minimum absolute atomic E-state index is 0.472. The van der Waals surface area contributed by atoms with Gasteiger partial charge in [-0.2, -0.15) is 10.5 Å². The molecular weight excluding hydrogens is 774 g/mol. The van der Waals surface area contributed by atoms with Gasteiger partial charge in [0, 0.05) is 0 Å². The van der Waals surface area contributed by atoms with Gasteiger partial charge in [-0.25, -0.2) is 0 Å². The van der Waals surface area contributed by atoms with E-state index in [0.29, 0.717) is 11.1 Å². The second-order valence-corrected chi connectivity index (χ2v) is 14.4. The first kappa shape index (κ1) is 38.3. The predicted octanol–water partition coefficient (Wildman–Crippen LogP) is 12.9. The number of unbranched alkanes of at least 4 members (excludes halogenated alkanes) is 8. The molecule has 0 saturated heterocycles. The van der Waals surface area contributed by atoms with E-state index in [-0.39, 0.29) is 0 Å². The third kappa shape index (κ3) is 15.8. The Hall–Kier alpha value is -2.87. The van der Waals surface area contributed by atoms with Gasteiger partial charge in [0.25, 0.3) is 0 Å². The fourth-order valence-electron chi connectivity index (χ4n) is 5.07. The van der Waals surface area contributed by atoms with Crippen LogP contribution in [0.5, 0.6) is 0 Å². The van der Waals surface area contributed by atoms with E-state index in [2.05, 4.69) is 74.5 Å². The molecule has 0 spiro atoms. The van der Waals surface area contributed by atoms with E-state index in [1.165, 1.54) is 110 Å². The Morgan fingerprint density at radius 3 is 0.978 bits per heavy atom. The number of aryl methyl sites for hydroxylation is 2. The molecule has 0 unspecified atom stereocenters. The number of nitrogens with zero attached hydrogens (tertiary/aromatic N) is 2. The molecule has 0 saturated carbocycles. The molecule has 0 fully saturated rings. The van der Waals surface area contributed by atoms with Crippen molar-refractivity contribution in [1.29, 1.82) is 10.5 Å². The van der Waals surface area contributed by atoms with Gasteiger partial charge in [0.1, 0.15) is 0 Å². The molecule has 0 atom stereocenters. The summed E-state index contributed by atoms with van der Waals surface area (Å²) in [7, 11) is 9.75. The molecule has 0 aliphatic carbocycles. The van der Waals surface area contributed by atoms with Crippen LogP contribution >= 0.6 is 18.8 Å². The van der Waals surface area contributed by atoms with Crippen LogP contribution in [0.2, 0.25) is 0 Å². The summed E-state index contributed by atoms with van der Waals surface area (Å²) in [5, 5.41) is 17.6. The van der Waals surface area contributed by atoms with Crippen molar-refractivity contribution < 1.29 is 16.5 Å². The zero-order chi connectivity index (χ0) is 32.5. The van der Waals surface area contributed by atoms with Gasteiger partial charge in [-0.05, 0) is 83.3 Å². The second-order valence-electron chi connectivity index (χ2n) is 11.1. The van der Waals surface area contributed by atoms with Gasteiger partial charge >= 0.3 is 35.3 Å². The van der Waals surface area contributed by atoms with Crippen molar-refractivity contribution in [1.82, 2.24) is 0 Å². The monoisotopic (exact) mass is 819 g/mol. The van der Waals surface area contributed by atoms with Crippen molar-refractivity contribution >= 4 is 18.8 Å². The molecule has 45 heavy (non-hydrogen) atoms. The van der Waals surface area contributed by atoms with Crippen LogP contribution in [-0.4, -0.2) is 0 Å². The Morgan fingerprint density at radius 1 is 0.444 bits per heavy atom. The van der Waals surface area contributed by atoms with Gasteiger partial charge in [-0.3, -0.25) is 0 Å². The molecule has 0 N–H and O–H groups in total. The van der Waals surface area contributed by atoms with Crippen molar-refractivity contribution in [3.8, 4) is 34.4 Å². The van der Waals surface area contributed by atoms with Crippen LogP contribution in [-0.2, 0) is 29.3 Å². The van der Waals surface area contributed by atoms with E-state index >= 15 is 0 Å². The first-order chi connectivity index (χ1) is 22.1. The van der Waals surface area contributed by atoms with Crippen molar-refractivity contribution in [2.75, 3.05) is 0 Å².